The number of carboxylic acid groups (broad SMARTS) is 1. The van der Waals surface area contributed by atoms with Gasteiger partial charge in [-0.1, -0.05) is 66.2 Å². The molecule has 4 aromatic rings. The minimum atomic E-state index is -1.16. The minimum Gasteiger partial charge on any atom is -0.465 e. The standard InChI is InChI=1S/C28H27ClN4O5/c1-17-19(15-30-28(36)37)12-13-22-24(17)26(35)38-27(31-22)32-23(14-18-8-4-3-5-9-18)25(34)33(2)16-20-10-6-7-11-21(20)29/h3-13,23,30H,14-16H2,1-2H3,(H,31,32)(H,36,37)/t23-/m0/s1. The van der Waals surface area contributed by atoms with Gasteiger partial charge in [-0.05, 0) is 41.3 Å². The van der Waals surface area contributed by atoms with Crippen molar-refractivity contribution in [2.24, 2.45) is 0 Å². The van der Waals surface area contributed by atoms with Crippen molar-refractivity contribution in [1.29, 1.82) is 0 Å². The molecule has 10 heteroatoms. The molecule has 1 atom stereocenters. The van der Waals surface area contributed by atoms with Crippen LogP contribution in [0.4, 0.5) is 10.8 Å². The van der Waals surface area contributed by atoms with Crippen molar-refractivity contribution >= 4 is 40.5 Å². The number of halogens is 1. The van der Waals surface area contributed by atoms with Crippen LogP contribution in [-0.4, -0.2) is 40.1 Å². The lowest BCUT2D eigenvalue weighted by Gasteiger charge is -2.25. The van der Waals surface area contributed by atoms with Crippen molar-refractivity contribution in [2.75, 3.05) is 12.4 Å². The third-order valence-electron chi connectivity index (χ3n) is 6.22. The summed E-state index contributed by atoms with van der Waals surface area (Å²) in [5.41, 5.74) is 2.66. The third-order valence-corrected chi connectivity index (χ3v) is 6.59. The zero-order chi connectivity index (χ0) is 27.2. The number of nitrogens with one attached hydrogen (secondary N) is 2. The Labute approximate surface area is 224 Å². The summed E-state index contributed by atoms with van der Waals surface area (Å²) in [6.45, 7) is 2.05. The van der Waals surface area contributed by atoms with E-state index in [1.54, 1.807) is 37.1 Å². The highest BCUT2D eigenvalue weighted by atomic mass is 35.5. The van der Waals surface area contributed by atoms with Crippen molar-refractivity contribution in [3.63, 3.8) is 0 Å². The van der Waals surface area contributed by atoms with Crippen molar-refractivity contribution < 1.29 is 19.1 Å². The minimum absolute atomic E-state index is 0.0436. The lowest BCUT2D eigenvalue weighted by atomic mass is 10.0. The van der Waals surface area contributed by atoms with E-state index in [4.69, 9.17) is 21.1 Å². The SMILES string of the molecule is Cc1c(CNC(=O)O)ccc2nc(N[C@@H](Cc3ccccc3)C(=O)N(C)Cc3ccccc3Cl)oc(=O)c12. The summed E-state index contributed by atoms with van der Waals surface area (Å²) in [4.78, 5) is 43.4. The van der Waals surface area contributed by atoms with Gasteiger partial charge in [0.15, 0.2) is 0 Å². The van der Waals surface area contributed by atoms with Crippen molar-refractivity contribution in [3.8, 4) is 0 Å². The van der Waals surface area contributed by atoms with E-state index in [9.17, 15) is 14.4 Å². The molecule has 38 heavy (non-hydrogen) atoms. The predicted molar refractivity (Wildman–Crippen MR) is 145 cm³/mol. The van der Waals surface area contributed by atoms with Gasteiger partial charge in [-0.2, -0.15) is 4.98 Å². The molecule has 1 heterocycles. The molecule has 2 amide bonds. The van der Waals surface area contributed by atoms with Crippen LogP contribution in [0.5, 0.6) is 0 Å². The quantitative estimate of drug-likeness (QED) is 0.286. The van der Waals surface area contributed by atoms with Crippen molar-refractivity contribution in [2.45, 2.75) is 32.5 Å². The highest BCUT2D eigenvalue weighted by molar-refractivity contribution is 6.31. The predicted octanol–water partition coefficient (Wildman–Crippen LogP) is 4.60. The number of amides is 2. The molecule has 9 nitrogen and oxygen atoms in total. The molecule has 3 aromatic carbocycles. The Bertz CT molecular complexity index is 1520. The van der Waals surface area contributed by atoms with E-state index < -0.39 is 17.8 Å². The molecule has 1 aromatic heterocycles. The van der Waals surface area contributed by atoms with E-state index in [-0.39, 0.29) is 23.9 Å². The molecule has 0 saturated carbocycles. The Morgan fingerprint density at radius 1 is 1.05 bits per heavy atom. The van der Waals surface area contributed by atoms with Crippen LogP contribution in [0.3, 0.4) is 0 Å². The first kappa shape index (κ1) is 26.7. The summed E-state index contributed by atoms with van der Waals surface area (Å²) in [6, 6.07) is 19.3. The van der Waals surface area contributed by atoms with Gasteiger partial charge < -0.3 is 25.1 Å². The van der Waals surface area contributed by atoms with E-state index >= 15 is 0 Å². The molecule has 0 radical (unpaired) electrons. The summed E-state index contributed by atoms with van der Waals surface area (Å²) in [5, 5.41) is 15.0. The Morgan fingerprint density at radius 3 is 2.47 bits per heavy atom. The van der Waals surface area contributed by atoms with Gasteiger partial charge in [0.2, 0.25) is 5.91 Å². The van der Waals surface area contributed by atoms with E-state index in [2.05, 4.69) is 15.6 Å². The first-order valence-electron chi connectivity index (χ1n) is 11.9. The van der Waals surface area contributed by atoms with Crippen LogP contribution in [0.25, 0.3) is 10.9 Å². The maximum atomic E-state index is 13.6. The van der Waals surface area contributed by atoms with Crippen LogP contribution in [0, 0.1) is 6.92 Å². The van der Waals surface area contributed by atoms with E-state index in [0.29, 0.717) is 34.6 Å². The normalized spacial score (nSPS) is 11.7. The van der Waals surface area contributed by atoms with Crippen LogP contribution in [0.2, 0.25) is 5.02 Å². The number of carbonyl (C=O) groups is 2. The number of likely N-dealkylation sites (N-methyl/N-ethyl adjacent to an activating group) is 1. The maximum Gasteiger partial charge on any atom is 0.404 e. The third kappa shape index (κ3) is 6.30. The van der Waals surface area contributed by atoms with Gasteiger partial charge in [0.05, 0.1) is 10.9 Å². The monoisotopic (exact) mass is 534 g/mol. The van der Waals surface area contributed by atoms with Crippen LogP contribution >= 0.6 is 11.6 Å². The number of hydrogen-bond donors (Lipinski definition) is 3. The van der Waals surface area contributed by atoms with Gasteiger partial charge in [-0.15, -0.1) is 0 Å². The van der Waals surface area contributed by atoms with Crippen molar-refractivity contribution in [1.82, 2.24) is 15.2 Å². The lowest BCUT2D eigenvalue weighted by Crippen LogP contribution is -2.42. The van der Waals surface area contributed by atoms with E-state index in [0.717, 1.165) is 11.1 Å². The molecule has 0 saturated heterocycles. The molecule has 0 spiro atoms. The number of benzene rings is 3. The smallest absolute Gasteiger partial charge is 0.404 e. The molecule has 4 rings (SSSR count). The van der Waals surface area contributed by atoms with Gasteiger partial charge in [0.1, 0.15) is 6.04 Å². The topological polar surface area (TPSA) is 125 Å². The number of rotatable bonds is 9. The molecule has 0 fully saturated rings. The number of nitrogens with zero attached hydrogens (tertiary/aromatic N) is 2. The Morgan fingerprint density at radius 2 is 1.76 bits per heavy atom. The van der Waals surface area contributed by atoms with E-state index in [1.807, 2.05) is 48.5 Å². The van der Waals surface area contributed by atoms with Gasteiger partial charge in [-0.3, -0.25) is 4.79 Å². The molecular formula is C28H27ClN4O5. The molecule has 0 bridgehead atoms. The summed E-state index contributed by atoms with van der Waals surface area (Å²) in [6.07, 6.45) is -0.836. The Kier molecular flexibility index (Phi) is 8.28. The highest BCUT2D eigenvalue weighted by Gasteiger charge is 2.25. The number of aromatic nitrogens is 1. The molecule has 0 aliphatic heterocycles. The van der Waals surface area contributed by atoms with Gasteiger partial charge in [0.25, 0.3) is 6.01 Å². The lowest BCUT2D eigenvalue weighted by molar-refractivity contribution is -0.131. The highest BCUT2D eigenvalue weighted by Crippen LogP contribution is 2.21. The molecule has 0 aliphatic carbocycles. The summed E-state index contributed by atoms with van der Waals surface area (Å²) >= 11 is 6.30. The second kappa shape index (κ2) is 11.8. The van der Waals surface area contributed by atoms with Gasteiger partial charge in [0, 0.05) is 31.6 Å². The number of carbonyl (C=O) groups excluding carboxylic acids is 1. The summed E-state index contributed by atoms with van der Waals surface area (Å²) in [5.74, 6) is -0.232. The first-order chi connectivity index (χ1) is 18.2. The van der Waals surface area contributed by atoms with Crippen molar-refractivity contribution in [3.05, 3.63) is 104 Å². The fourth-order valence-corrected chi connectivity index (χ4v) is 4.41. The zero-order valence-corrected chi connectivity index (χ0v) is 21.7. The number of hydrogen-bond acceptors (Lipinski definition) is 6. The van der Waals surface area contributed by atoms with Crippen LogP contribution < -0.4 is 16.3 Å². The number of fused-ring (bicyclic) bond motifs is 1. The maximum absolute atomic E-state index is 13.6. The number of aryl methyl sites for hydroxylation is 1. The molecule has 0 unspecified atom stereocenters. The van der Waals surface area contributed by atoms with Crippen LogP contribution in [-0.2, 0) is 24.3 Å². The van der Waals surface area contributed by atoms with Gasteiger partial charge in [-0.25, -0.2) is 9.59 Å². The van der Waals surface area contributed by atoms with Crippen LogP contribution in [0.1, 0.15) is 22.3 Å². The molecule has 3 N–H and O–H groups in total. The van der Waals surface area contributed by atoms with Gasteiger partial charge >= 0.3 is 11.7 Å². The molecule has 0 aliphatic rings. The fraction of sp³-hybridized carbons (Fsp3) is 0.214. The largest absolute Gasteiger partial charge is 0.465 e. The number of anilines is 1. The van der Waals surface area contributed by atoms with E-state index in [1.165, 1.54) is 0 Å². The second-order valence-electron chi connectivity index (χ2n) is 8.88. The Balaban J connectivity index is 1.63. The summed E-state index contributed by atoms with van der Waals surface area (Å²) < 4.78 is 5.48. The Hall–Kier alpha value is -4.37. The molecule has 196 valence electrons. The summed E-state index contributed by atoms with van der Waals surface area (Å²) in [7, 11) is 1.69. The van der Waals surface area contributed by atoms with Crippen LogP contribution in [0.15, 0.2) is 75.9 Å². The first-order valence-corrected chi connectivity index (χ1v) is 12.3. The average Bonchev–Trinajstić information content (AvgIpc) is 2.89. The average molecular weight is 535 g/mol. The second-order valence-corrected chi connectivity index (χ2v) is 9.29. The zero-order valence-electron chi connectivity index (χ0n) is 20.9. The fourth-order valence-electron chi connectivity index (χ4n) is 4.21. The molecular weight excluding hydrogens is 508 g/mol.